The molecule has 1 aromatic heterocycles. The number of aromatic nitrogens is 2. The summed E-state index contributed by atoms with van der Waals surface area (Å²) >= 11 is 0. The third-order valence-corrected chi connectivity index (χ3v) is 2.22. The smallest absolute Gasteiger partial charge is 0.221 e. The second-order valence-corrected chi connectivity index (χ2v) is 3.59. The van der Waals surface area contributed by atoms with Crippen LogP contribution >= 0.6 is 0 Å². The largest absolute Gasteiger partial charge is 0.326 e. The van der Waals surface area contributed by atoms with Crippen LogP contribution in [0.25, 0.3) is 21.7 Å². The van der Waals surface area contributed by atoms with E-state index in [2.05, 4.69) is 25.5 Å². The first-order valence-electron chi connectivity index (χ1n) is 5.17. The molecule has 0 saturated carbocycles. The van der Waals surface area contributed by atoms with Crippen molar-refractivity contribution in [2.45, 2.75) is 6.92 Å². The molecule has 2 rings (SSSR count). The molecule has 0 aliphatic rings. The lowest BCUT2D eigenvalue weighted by Gasteiger charge is -2.02. The van der Waals surface area contributed by atoms with Gasteiger partial charge in [-0.15, -0.1) is 0 Å². The minimum absolute atomic E-state index is 0.117. The van der Waals surface area contributed by atoms with Crippen LogP contribution in [0.5, 0.6) is 0 Å². The van der Waals surface area contributed by atoms with E-state index in [1.54, 1.807) is 18.2 Å². The summed E-state index contributed by atoms with van der Waals surface area (Å²) in [4.78, 5) is 13.5. The maximum atomic E-state index is 10.9. The summed E-state index contributed by atoms with van der Waals surface area (Å²) in [6, 6.07) is 8.84. The SMILES string of the molecule is CC(=O)Nc1ccc(-c2cc(N=[N+]=[N-])[nH]n2)cc1. The first-order chi connectivity index (χ1) is 8.69. The first kappa shape index (κ1) is 11.7. The van der Waals surface area contributed by atoms with Gasteiger partial charge in [0.15, 0.2) is 0 Å². The molecule has 1 amide bonds. The average molecular weight is 242 g/mol. The minimum Gasteiger partial charge on any atom is -0.326 e. The molecular weight excluding hydrogens is 232 g/mol. The average Bonchev–Trinajstić information content (AvgIpc) is 2.78. The fourth-order valence-corrected chi connectivity index (χ4v) is 1.49. The van der Waals surface area contributed by atoms with Crippen LogP contribution in [0.15, 0.2) is 35.4 Å². The molecule has 7 heteroatoms. The fraction of sp³-hybridized carbons (Fsp3) is 0.0909. The molecule has 0 aliphatic carbocycles. The third-order valence-electron chi connectivity index (χ3n) is 2.22. The van der Waals surface area contributed by atoms with Gasteiger partial charge in [0.25, 0.3) is 0 Å². The number of nitrogens with one attached hydrogen (secondary N) is 2. The zero-order valence-electron chi connectivity index (χ0n) is 9.58. The number of benzene rings is 1. The number of hydrogen-bond donors (Lipinski definition) is 2. The molecule has 0 saturated heterocycles. The van der Waals surface area contributed by atoms with Crippen molar-refractivity contribution in [3.63, 3.8) is 0 Å². The zero-order chi connectivity index (χ0) is 13.0. The summed E-state index contributed by atoms with van der Waals surface area (Å²) < 4.78 is 0. The standard InChI is InChI=1S/C11H10N6O/c1-7(18)13-9-4-2-8(3-5-9)10-6-11(15-14-10)16-17-12/h2-6H,1H3,(H,13,18)(H,14,15). The molecule has 90 valence electrons. The fourth-order valence-electron chi connectivity index (χ4n) is 1.49. The molecule has 1 aromatic carbocycles. The predicted molar refractivity (Wildman–Crippen MR) is 67.1 cm³/mol. The Morgan fingerprint density at radius 3 is 2.78 bits per heavy atom. The van der Waals surface area contributed by atoms with Crippen molar-refractivity contribution in [3.8, 4) is 11.3 Å². The van der Waals surface area contributed by atoms with Gasteiger partial charge in [-0.25, -0.2) is 0 Å². The summed E-state index contributed by atoms with van der Waals surface area (Å²) in [5.74, 6) is 0.242. The number of carbonyl (C=O) groups excluding carboxylic acids is 1. The number of hydrogen-bond acceptors (Lipinski definition) is 3. The molecule has 0 bridgehead atoms. The van der Waals surface area contributed by atoms with E-state index in [0.717, 1.165) is 11.3 Å². The quantitative estimate of drug-likeness (QED) is 0.490. The lowest BCUT2D eigenvalue weighted by atomic mass is 10.1. The topological polar surface area (TPSA) is 107 Å². The Bertz CT molecular complexity index is 609. The minimum atomic E-state index is -0.117. The number of aromatic amines is 1. The Hall–Kier alpha value is -2.79. The van der Waals surface area contributed by atoms with Crippen molar-refractivity contribution in [1.29, 1.82) is 0 Å². The molecule has 1 heterocycles. The Balaban J connectivity index is 2.22. The van der Waals surface area contributed by atoms with Crippen LogP contribution in [0.3, 0.4) is 0 Å². The van der Waals surface area contributed by atoms with Crippen molar-refractivity contribution in [2.75, 3.05) is 5.32 Å². The molecule has 18 heavy (non-hydrogen) atoms. The number of carbonyl (C=O) groups is 1. The van der Waals surface area contributed by atoms with Gasteiger partial charge >= 0.3 is 0 Å². The van der Waals surface area contributed by atoms with Crippen LogP contribution in [0, 0.1) is 0 Å². The van der Waals surface area contributed by atoms with Crippen molar-refractivity contribution < 1.29 is 4.79 Å². The van der Waals surface area contributed by atoms with E-state index < -0.39 is 0 Å². The molecule has 2 aromatic rings. The van der Waals surface area contributed by atoms with Crippen molar-refractivity contribution in [2.24, 2.45) is 5.11 Å². The summed E-state index contributed by atoms with van der Waals surface area (Å²) in [5.41, 5.74) is 10.5. The number of H-pyrrole nitrogens is 1. The van der Waals surface area contributed by atoms with Crippen LogP contribution in [-0.2, 0) is 4.79 Å². The number of rotatable bonds is 3. The molecule has 7 nitrogen and oxygen atoms in total. The highest BCUT2D eigenvalue weighted by Crippen LogP contribution is 2.22. The Kier molecular flexibility index (Phi) is 3.26. The lowest BCUT2D eigenvalue weighted by molar-refractivity contribution is -0.114. The number of amides is 1. The van der Waals surface area contributed by atoms with Gasteiger partial charge in [-0.05, 0) is 28.8 Å². The second kappa shape index (κ2) is 5.03. The maximum Gasteiger partial charge on any atom is 0.221 e. The van der Waals surface area contributed by atoms with E-state index in [-0.39, 0.29) is 5.91 Å². The Labute approximate surface area is 102 Å². The summed E-state index contributed by atoms with van der Waals surface area (Å²) in [5, 5.41) is 12.7. The van der Waals surface area contributed by atoms with Crippen LogP contribution in [0.1, 0.15) is 6.92 Å². The number of anilines is 1. The molecule has 0 unspecified atom stereocenters. The van der Waals surface area contributed by atoms with Crippen molar-refractivity contribution in [3.05, 3.63) is 40.8 Å². The van der Waals surface area contributed by atoms with Gasteiger partial charge in [-0.1, -0.05) is 12.1 Å². The van der Waals surface area contributed by atoms with E-state index in [0.29, 0.717) is 11.5 Å². The molecule has 0 fully saturated rings. The highest BCUT2D eigenvalue weighted by Gasteiger charge is 2.03. The van der Waals surface area contributed by atoms with Crippen LogP contribution in [0.2, 0.25) is 0 Å². The van der Waals surface area contributed by atoms with Gasteiger partial charge in [0, 0.05) is 23.1 Å². The Morgan fingerprint density at radius 1 is 1.44 bits per heavy atom. The number of azide groups is 1. The van der Waals surface area contributed by atoms with Gasteiger partial charge in [0.2, 0.25) is 5.91 Å². The third kappa shape index (κ3) is 2.66. The van der Waals surface area contributed by atoms with Crippen LogP contribution in [0.4, 0.5) is 11.5 Å². The van der Waals surface area contributed by atoms with Gasteiger partial charge in [0.05, 0.1) is 5.69 Å². The molecular formula is C11H10N6O. The number of nitrogens with zero attached hydrogens (tertiary/aromatic N) is 4. The van der Waals surface area contributed by atoms with Crippen LogP contribution < -0.4 is 5.32 Å². The van der Waals surface area contributed by atoms with Crippen molar-refractivity contribution in [1.82, 2.24) is 10.2 Å². The highest BCUT2D eigenvalue weighted by atomic mass is 16.1. The van der Waals surface area contributed by atoms with Gasteiger partial charge in [-0.2, -0.15) is 5.10 Å². The van der Waals surface area contributed by atoms with Gasteiger partial charge in [-0.3, -0.25) is 9.89 Å². The van der Waals surface area contributed by atoms with Crippen LogP contribution in [-0.4, -0.2) is 16.1 Å². The van der Waals surface area contributed by atoms with Crippen molar-refractivity contribution >= 4 is 17.4 Å². The summed E-state index contributed by atoms with van der Waals surface area (Å²) in [6.07, 6.45) is 0. The van der Waals surface area contributed by atoms with E-state index in [1.807, 2.05) is 12.1 Å². The highest BCUT2D eigenvalue weighted by molar-refractivity contribution is 5.88. The maximum absolute atomic E-state index is 10.9. The van der Waals surface area contributed by atoms with Gasteiger partial charge in [0.1, 0.15) is 5.82 Å². The van der Waals surface area contributed by atoms with Gasteiger partial charge < -0.3 is 5.32 Å². The van der Waals surface area contributed by atoms with E-state index in [4.69, 9.17) is 5.53 Å². The van der Waals surface area contributed by atoms with E-state index in [9.17, 15) is 4.79 Å². The normalized spacial score (nSPS) is 9.61. The monoisotopic (exact) mass is 242 g/mol. The summed E-state index contributed by atoms with van der Waals surface area (Å²) in [7, 11) is 0. The summed E-state index contributed by atoms with van der Waals surface area (Å²) in [6.45, 7) is 1.45. The molecule has 0 aliphatic heterocycles. The lowest BCUT2D eigenvalue weighted by Crippen LogP contribution is -2.05. The molecule has 0 spiro atoms. The Morgan fingerprint density at radius 2 is 2.17 bits per heavy atom. The molecule has 0 radical (unpaired) electrons. The zero-order valence-corrected chi connectivity index (χ0v) is 9.58. The van der Waals surface area contributed by atoms with E-state index in [1.165, 1.54) is 6.92 Å². The second-order valence-electron chi connectivity index (χ2n) is 3.59. The molecule has 0 atom stereocenters. The predicted octanol–water partition coefficient (Wildman–Crippen LogP) is 2.98. The first-order valence-corrected chi connectivity index (χ1v) is 5.17. The molecule has 2 N–H and O–H groups in total. The van der Waals surface area contributed by atoms with E-state index >= 15 is 0 Å².